The Bertz CT molecular complexity index is 418. The highest BCUT2D eigenvalue weighted by molar-refractivity contribution is 5.79. The first-order valence-electron chi connectivity index (χ1n) is 7.09. The molecular weight excluding hydrogens is 234 g/mol. The van der Waals surface area contributed by atoms with Crippen molar-refractivity contribution in [3.05, 3.63) is 0 Å². The van der Waals surface area contributed by atoms with Crippen molar-refractivity contribution in [3.8, 4) is 23.7 Å². The van der Waals surface area contributed by atoms with Crippen molar-refractivity contribution in [3.63, 3.8) is 0 Å². The number of nitrogens with zero attached hydrogens (tertiary/aromatic N) is 1. The summed E-state index contributed by atoms with van der Waals surface area (Å²) in [6, 6.07) is 0.347. The average molecular weight is 259 g/mol. The molecule has 1 fully saturated rings. The van der Waals surface area contributed by atoms with Gasteiger partial charge in [0.05, 0.1) is 13.0 Å². The Morgan fingerprint density at radius 3 is 2.26 bits per heavy atom. The van der Waals surface area contributed by atoms with E-state index in [9.17, 15) is 4.79 Å². The summed E-state index contributed by atoms with van der Waals surface area (Å²) in [5, 5.41) is 0. The molecule has 1 aliphatic carbocycles. The van der Waals surface area contributed by atoms with Gasteiger partial charge in [0.2, 0.25) is 5.91 Å². The highest BCUT2D eigenvalue weighted by Crippen LogP contribution is 2.36. The Hall–Kier alpha value is -1.41. The summed E-state index contributed by atoms with van der Waals surface area (Å²) in [6.45, 7) is 8.75. The molecule has 1 aliphatic rings. The zero-order valence-corrected chi connectivity index (χ0v) is 12.7. The van der Waals surface area contributed by atoms with Gasteiger partial charge in [-0.1, -0.05) is 25.7 Å². The molecule has 0 aromatic carbocycles. The fourth-order valence-electron chi connectivity index (χ4n) is 2.55. The maximum atomic E-state index is 12.2. The lowest BCUT2D eigenvalue weighted by atomic mass is 9.75. The molecule has 0 saturated heterocycles. The average Bonchev–Trinajstić information content (AvgIpc) is 2.38. The molecule has 0 bridgehead atoms. The predicted octanol–water partition coefficient (Wildman–Crippen LogP) is 3.22. The van der Waals surface area contributed by atoms with Crippen molar-refractivity contribution < 1.29 is 4.79 Å². The van der Waals surface area contributed by atoms with E-state index in [0.717, 1.165) is 12.8 Å². The van der Waals surface area contributed by atoms with Gasteiger partial charge in [0.15, 0.2) is 0 Å². The molecule has 0 aromatic rings. The number of carbonyl (C=O) groups is 1. The van der Waals surface area contributed by atoms with Crippen LogP contribution in [0.25, 0.3) is 0 Å². The first kappa shape index (κ1) is 15.6. The molecule has 0 spiro atoms. The largest absolute Gasteiger partial charge is 0.328 e. The molecule has 0 atom stereocenters. The van der Waals surface area contributed by atoms with Crippen LogP contribution >= 0.6 is 0 Å². The predicted molar refractivity (Wildman–Crippen MR) is 79.3 cm³/mol. The van der Waals surface area contributed by atoms with E-state index in [1.807, 2.05) is 11.8 Å². The SMILES string of the molecule is CC#CCC(=O)N(CC#CC)C1CCC(C)(C)CC1. The quantitative estimate of drug-likeness (QED) is 0.713. The molecule has 0 aliphatic heterocycles. The van der Waals surface area contributed by atoms with Crippen molar-refractivity contribution in [1.82, 2.24) is 4.90 Å². The maximum Gasteiger partial charge on any atom is 0.235 e. The van der Waals surface area contributed by atoms with Crippen LogP contribution in [0, 0.1) is 29.1 Å². The summed E-state index contributed by atoms with van der Waals surface area (Å²) in [6.07, 6.45) is 4.86. The maximum absolute atomic E-state index is 12.2. The van der Waals surface area contributed by atoms with Gasteiger partial charge in [0.25, 0.3) is 0 Å². The van der Waals surface area contributed by atoms with Crippen molar-refractivity contribution in [2.45, 2.75) is 65.8 Å². The van der Waals surface area contributed by atoms with Crippen LogP contribution in [-0.2, 0) is 4.79 Å². The Kier molecular flexibility index (Phi) is 5.97. The number of hydrogen-bond acceptors (Lipinski definition) is 1. The third kappa shape index (κ3) is 4.99. The van der Waals surface area contributed by atoms with Crippen molar-refractivity contribution in [1.29, 1.82) is 0 Å². The highest BCUT2D eigenvalue weighted by Gasteiger charge is 2.31. The van der Waals surface area contributed by atoms with Crippen molar-refractivity contribution >= 4 is 5.91 Å². The van der Waals surface area contributed by atoms with E-state index in [-0.39, 0.29) is 5.91 Å². The van der Waals surface area contributed by atoms with E-state index in [1.54, 1.807) is 6.92 Å². The second-order valence-corrected chi connectivity index (χ2v) is 5.95. The Morgan fingerprint density at radius 1 is 1.16 bits per heavy atom. The van der Waals surface area contributed by atoms with Crippen LogP contribution in [0.1, 0.15) is 59.8 Å². The molecular formula is C17H25NO. The number of carbonyl (C=O) groups excluding carboxylic acids is 1. The first-order valence-corrected chi connectivity index (χ1v) is 7.09. The van der Waals surface area contributed by atoms with Crippen LogP contribution in [0.15, 0.2) is 0 Å². The molecule has 104 valence electrons. The van der Waals surface area contributed by atoms with Crippen LogP contribution in [0.5, 0.6) is 0 Å². The summed E-state index contributed by atoms with van der Waals surface area (Å²) in [4.78, 5) is 14.2. The summed E-state index contributed by atoms with van der Waals surface area (Å²) in [5.74, 6) is 11.7. The van der Waals surface area contributed by atoms with Crippen LogP contribution in [0.2, 0.25) is 0 Å². The standard InChI is InChI=1S/C17H25NO/c1-5-7-9-16(19)18(14-8-6-2)15-10-12-17(3,4)13-11-15/h15H,9-14H2,1-4H3. The number of rotatable bonds is 3. The van der Waals surface area contributed by atoms with E-state index in [2.05, 4.69) is 37.5 Å². The van der Waals surface area contributed by atoms with Crippen LogP contribution in [0.3, 0.4) is 0 Å². The van der Waals surface area contributed by atoms with Crippen LogP contribution in [0.4, 0.5) is 0 Å². The van der Waals surface area contributed by atoms with Gasteiger partial charge in [-0.2, -0.15) is 0 Å². The monoisotopic (exact) mass is 259 g/mol. The first-order chi connectivity index (χ1) is 9.00. The molecule has 1 amide bonds. The number of hydrogen-bond donors (Lipinski definition) is 0. The Labute approximate surface area is 117 Å². The van der Waals surface area contributed by atoms with Gasteiger partial charge >= 0.3 is 0 Å². The van der Waals surface area contributed by atoms with E-state index in [4.69, 9.17) is 0 Å². The summed E-state index contributed by atoms with van der Waals surface area (Å²) in [7, 11) is 0. The molecule has 0 N–H and O–H groups in total. The molecule has 0 heterocycles. The lowest BCUT2D eigenvalue weighted by Gasteiger charge is -2.39. The van der Waals surface area contributed by atoms with E-state index in [0.29, 0.717) is 24.4 Å². The fourth-order valence-corrected chi connectivity index (χ4v) is 2.55. The third-order valence-electron chi connectivity index (χ3n) is 3.91. The van der Waals surface area contributed by atoms with Crippen LogP contribution < -0.4 is 0 Å². The molecule has 2 heteroatoms. The summed E-state index contributed by atoms with van der Waals surface area (Å²) < 4.78 is 0. The van der Waals surface area contributed by atoms with E-state index in [1.165, 1.54) is 12.8 Å². The molecule has 2 nitrogen and oxygen atoms in total. The molecule has 19 heavy (non-hydrogen) atoms. The second-order valence-electron chi connectivity index (χ2n) is 5.95. The van der Waals surface area contributed by atoms with Gasteiger partial charge in [-0.3, -0.25) is 4.79 Å². The molecule has 1 rings (SSSR count). The molecule has 0 radical (unpaired) electrons. The summed E-state index contributed by atoms with van der Waals surface area (Å²) in [5.41, 5.74) is 0.422. The van der Waals surface area contributed by atoms with Gasteiger partial charge in [0.1, 0.15) is 0 Å². The third-order valence-corrected chi connectivity index (χ3v) is 3.91. The summed E-state index contributed by atoms with van der Waals surface area (Å²) >= 11 is 0. The van der Waals surface area contributed by atoms with E-state index < -0.39 is 0 Å². The zero-order chi connectivity index (χ0) is 14.3. The highest BCUT2D eigenvalue weighted by atomic mass is 16.2. The minimum Gasteiger partial charge on any atom is -0.328 e. The van der Waals surface area contributed by atoms with Gasteiger partial charge < -0.3 is 4.90 Å². The van der Waals surface area contributed by atoms with Gasteiger partial charge in [0, 0.05) is 6.04 Å². The van der Waals surface area contributed by atoms with Crippen LogP contribution in [-0.4, -0.2) is 23.4 Å². The fraction of sp³-hybridized carbons (Fsp3) is 0.706. The Morgan fingerprint density at radius 2 is 1.74 bits per heavy atom. The van der Waals surface area contributed by atoms with Gasteiger partial charge in [-0.25, -0.2) is 0 Å². The van der Waals surface area contributed by atoms with Crippen molar-refractivity contribution in [2.75, 3.05) is 6.54 Å². The van der Waals surface area contributed by atoms with Crippen molar-refractivity contribution in [2.24, 2.45) is 5.41 Å². The van der Waals surface area contributed by atoms with Gasteiger partial charge in [-0.15, -0.1) is 11.8 Å². The van der Waals surface area contributed by atoms with E-state index >= 15 is 0 Å². The Balaban J connectivity index is 2.69. The molecule has 1 saturated carbocycles. The normalized spacial score (nSPS) is 17.7. The van der Waals surface area contributed by atoms with Gasteiger partial charge in [-0.05, 0) is 44.9 Å². The second kappa shape index (κ2) is 7.25. The topological polar surface area (TPSA) is 20.3 Å². The number of amides is 1. The lowest BCUT2D eigenvalue weighted by Crippen LogP contribution is -2.43. The lowest BCUT2D eigenvalue weighted by molar-refractivity contribution is -0.132. The zero-order valence-electron chi connectivity index (χ0n) is 12.7. The smallest absolute Gasteiger partial charge is 0.235 e. The molecule has 0 unspecified atom stereocenters. The minimum atomic E-state index is 0.127. The molecule has 0 aromatic heterocycles. The minimum absolute atomic E-state index is 0.127.